The molecule has 1 aliphatic rings. The van der Waals surface area contributed by atoms with Gasteiger partial charge in [-0.1, -0.05) is 6.92 Å². The maximum absolute atomic E-state index is 4.37. The number of hydrogen-bond donors (Lipinski definition) is 1. The Hall–Kier alpha value is -0.570. The maximum Gasteiger partial charge on any atom is 0.140 e. The van der Waals surface area contributed by atoms with Gasteiger partial charge < -0.3 is 5.32 Å². The molecule has 0 amide bonds. The molecule has 0 bridgehead atoms. The Morgan fingerprint density at radius 1 is 1.50 bits per heavy atom. The first-order valence-corrected chi connectivity index (χ1v) is 5.83. The van der Waals surface area contributed by atoms with Gasteiger partial charge in [-0.15, -0.1) is 0 Å². The van der Waals surface area contributed by atoms with Crippen molar-refractivity contribution in [3.05, 3.63) is 22.3 Å². The van der Waals surface area contributed by atoms with E-state index in [1.54, 1.807) is 0 Å². The van der Waals surface area contributed by atoms with Crippen LogP contribution in [0.1, 0.15) is 25.3 Å². The van der Waals surface area contributed by atoms with E-state index in [9.17, 15) is 0 Å². The van der Waals surface area contributed by atoms with Crippen molar-refractivity contribution in [1.82, 2.24) is 4.98 Å². The van der Waals surface area contributed by atoms with E-state index in [0.29, 0.717) is 6.04 Å². The fraction of sp³-hybridized carbons (Fsp3) is 0.545. The van der Waals surface area contributed by atoms with Crippen LogP contribution in [0.15, 0.2) is 16.7 Å². The summed E-state index contributed by atoms with van der Waals surface area (Å²) in [6.45, 7) is 4.34. The quantitative estimate of drug-likeness (QED) is 0.876. The first kappa shape index (κ1) is 9.97. The number of pyridine rings is 1. The highest BCUT2D eigenvalue weighted by Gasteiger charge is 2.25. The molecule has 1 aromatic rings. The van der Waals surface area contributed by atoms with Crippen LogP contribution in [0, 0.1) is 12.8 Å². The van der Waals surface area contributed by atoms with Crippen LogP contribution >= 0.6 is 15.9 Å². The predicted octanol–water partition coefficient (Wildman–Crippen LogP) is 3.36. The summed E-state index contributed by atoms with van der Waals surface area (Å²) in [5.41, 5.74) is 1.18. The van der Waals surface area contributed by atoms with E-state index in [4.69, 9.17) is 0 Å². The van der Waals surface area contributed by atoms with Crippen molar-refractivity contribution in [1.29, 1.82) is 0 Å². The lowest BCUT2D eigenvalue weighted by Gasteiger charge is -2.33. The first-order chi connectivity index (χ1) is 6.65. The number of aryl methyl sites for hydroxylation is 1. The van der Waals surface area contributed by atoms with Gasteiger partial charge in [0.05, 0.1) is 4.47 Å². The third kappa shape index (κ3) is 2.08. The molecule has 1 aromatic heterocycles. The van der Waals surface area contributed by atoms with Gasteiger partial charge in [-0.05, 0) is 53.2 Å². The van der Waals surface area contributed by atoms with E-state index in [-0.39, 0.29) is 0 Å². The zero-order valence-electron chi connectivity index (χ0n) is 8.55. The van der Waals surface area contributed by atoms with E-state index in [1.165, 1.54) is 18.4 Å². The van der Waals surface area contributed by atoms with E-state index in [1.807, 2.05) is 13.1 Å². The second-order valence-electron chi connectivity index (χ2n) is 4.26. The molecular weight excluding hydrogens is 240 g/mol. The molecular formula is C11H15BrN2. The highest BCUT2D eigenvalue weighted by atomic mass is 79.9. The Balaban J connectivity index is 2.02. The molecule has 1 fully saturated rings. The summed E-state index contributed by atoms with van der Waals surface area (Å²) in [5, 5.41) is 3.45. The normalized spacial score (nSPS) is 25.6. The summed E-state index contributed by atoms with van der Waals surface area (Å²) in [7, 11) is 0. The smallest absolute Gasteiger partial charge is 0.140 e. The standard InChI is InChI=1S/C11H15BrN2/c1-7-3-9(4-7)14-11-10(12)5-8(2)6-13-11/h5-7,9H,3-4H2,1-2H3,(H,13,14). The zero-order valence-corrected chi connectivity index (χ0v) is 10.1. The van der Waals surface area contributed by atoms with Crippen molar-refractivity contribution in [3.8, 4) is 0 Å². The zero-order chi connectivity index (χ0) is 10.1. The number of halogens is 1. The number of aromatic nitrogens is 1. The van der Waals surface area contributed by atoms with Crippen LogP contribution in [0.2, 0.25) is 0 Å². The van der Waals surface area contributed by atoms with Gasteiger partial charge in [0.2, 0.25) is 0 Å². The SMILES string of the molecule is Cc1cnc(NC2CC(C)C2)c(Br)c1. The van der Waals surface area contributed by atoms with Crippen molar-refractivity contribution < 1.29 is 0 Å². The van der Waals surface area contributed by atoms with Gasteiger partial charge in [0.1, 0.15) is 5.82 Å². The van der Waals surface area contributed by atoms with Crippen molar-refractivity contribution in [2.24, 2.45) is 5.92 Å². The fourth-order valence-electron chi connectivity index (χ4n) is 1.85. The minimum Gasteiger partial charge on any atom is -0.366 e. The number of nitrogens with zero attached hydrogens (tertiary/aromatic N) is 1. The summed E-state index contributed by atoms with van der Waals surface area (Å²) in [6.07, 6.45) is 4.43. The lowest BCUT2D eigenvalue weighted by atomic mass is 9.82. The molecule has 0 aliphatic heterocycles. The highest BCUT2D eigenvalue weighted by molar-refractivity contribution is 9.10. The molecule has 14 heavy (non-hydrogen) atoms. The molecule has 0 atom stereocenters. The second-order valence-corrected chi connectivity index (χ2v) is 5.12. The minimum atomic E-state index is 0.622. The molecule has 0 unspecified atom stereocenters. The van der Waals surface area contributed by atoms with Crippen molar-refractivity contribution in [2.75, 3.05) is 5.32 Å². The summed E-state index contributed by atoms with van der Waals surface area (Å²) in [5.74, 6) is 1.85. The largest absolute Gasteiger partial charge is 0.366 e. The molecule has 0 spiro atoms. The molecule has 0 saturated heterocycles. The van der Waals surface area contributed by atoms with E-state index in [0.717, 1.165) is 16.2 Å². The molecule has 0 aromatic carbocycles. The highest BCUT2D eigenvalue weighted by Crippen LogP contribution is 2.31. The summed E-state index contributed by atoms with van der Waals surface area (Å²) in [6, 6.07) is 2.72. The Kier molecular flexibility index (Phi) is 2.77. The lowest BCUT2D eigenvalue weighted by molar-refractivity contribution is 0.308. The number of anilines is 1. The second kappa shape index (κ2) is 3.89. The molecule has 1 saturated carbocycles. The molecule has 2 nitrogen and oxygen atoms in total. The fourth-order valence-corrected chi connectivity index (χ4v) is 2.43. The van der Waals surface area contributed by atoms with Crippen LogP contribution in [-0.2, 0) is 0 Å². The van der Waals surface area contributed by atoms with Crippen LogP contribution in [-0.4, -0.2) is 11.0 Å². The van der Waals surface area contributed by atoms with Gasteiger partial charge in [-0.2, -0.15) is 0 Å². The number of rotatable bonds is 2. The van der Waals surface area contributed by atoms with Gasteiger partial charge in [-0.25, -0.2) is 4.98 Å². The van der Waals surface area contributed by atoms with Gasteiger partial charge in [0.25, 0.3) is 0 Å². The molecule has 0 radical (unpaired) electrons. The Morgan fingerprint density at radius 2 is 2.21 bits per heavy atom. The van der Waals surface area contributed by atoms with Crippen LogP contribution in [0.5, 0.6) is 0 Å². The van der Waals surface area contributed by atoms with E-state index < -0.39 is 0 Å². The first-order valence-electron chi connectivity index (χ1n) is 5.04. The Bertz CT molecular complexity index is 332. The van der Waals surface area contributed by atoms with Crippen molar-refractivity contribution in [2.45, 2.75) is 32.7 Å². The average Bonchev–Trinajstić information content (AvgIpc) is 2.06. The molecule has 1 N–H and O–H groups in total. The molecule has 1 heterocycles. The lowest BCUT2D eigenvalue weighted by Crippen LogP contribution is -2.34. The molecule has 3 heteroatoms. The van der Waals surface area contributed by atoms with Gasteiger partial charge in [0, 0.05) is 12.2 Å². The summed E-state index contributed by atoms with van der Waals surface area (Å²) in [4.78, 5) is 4.37. The van der Waals surface area contributed by atoms with Crippen LogP contribution in [0.3, 0.4) is 0 Å². The van der Waals surface area contributed by atoms with Gasteiger partial charge >= 0.3 is 0 Å². The Labute approximate surface area is 93.3 Å². The summed E-state index contributed by atoms with van der Waals surface area (Å²) < 4.78 is 1.07. The monoisotopic (exact) mass is 254 g/mol. The third-order valence-corrected chi connectivity index (χ3v) is 3.30. The van der Waals surface area contributed by atoms with Gasteiger partial charge in [-0.3, -0.25) is 0 Å². The molecule has 1 aliphatic carbocycles. The number of hydrogen-bond acceptors (Lipinski definition) is 2. The summed E-state index contributed by atoms with van der Waals surface area (Å²) >= 11 is 3.52. The molecule has 2 rings (SSSR count). The average molecular weight is 255 g/mol. The number of nitrogens with one attached hydrogen (secondary N) is 1. The Morgan fingerprint density at radius 3 is 2.79 bits per heavy atom. The van der Waals surface area contributed by atoms with Crippen LogP contribution < -0.4 is 5.32 Å². The predicted molar refractivity (Wildman–Crippen MR) is 62.5 cm³/mol. The van der Waals surface area contributed by atoms with Crippen LogP contribution in [0.4, 0.5) is 5.82 Å². The van der Waals surface area contributed by atoms with Crippen molar-refractivity contribution >= 4 is 21.7 Å². The maximum atomic E-state index is 4.37. The van der Waals surface area contributed by atoms with E-state index >= 15 is 0 Å². The van der Waals surface area contributed by atoms with Crippen molar-refractivity contribution in [3.63, 3.8) is 0 Å². The minimum absolute atomic E-state index is 0.622. The molecule has 76 valence electrons. The van der Waals surface area contributed by atoms with Crippen LogP contribution in [0.25, 0.3) is 0 Å². The van der Waals surface area contributed by atoms with E-state index in [2.05, 4.69) is 39.2 Å². The topological polar surface area (TPSA) is 24.9 Å². The third-order valence-electron chi connectivity index (χ3n) is 2.69. The van der Waals surface area contributed by atoms with Gasteiger partial charge in [0.15, 0.2) is 0 Å².